The SMILES string of the molecule is COc1ccc(C(OCC2O[C@@H](n3cc(/C=C/C(=O)NCCCCCCNCCCCCCC4(C)C5=[N+](CCC6Oc7c(cc8c9c7CCCN9CCC8)C=C56)c5ccccc54)c(=O)[nH]c3=O)C[C@H]2OP(OCCC#N)N(C(C)C)C(C)C)(c2ccccc2)c2ccc(OC)cc2)cc1. The summed E-state index contributed by atoms with van der Waals surface area (Å²) in [6, 6.07) is 39.2. The van der Waals surface area contributed by atoms with E-state index < -0.39 is 43.8 Å². The molecule has 12 rings (SSSR count). The zero-order chi connectivity index (χ0) is 69.0. The van der Waals surface area contributed by atoms with Crippen molar-refractivity contribution in [2.45, 2.75) is 185 Å². The molecular weight excluding hydrogens is 1260 g/mol. The van der Waals surface area contributed by atoms with E-state index in [1.807, 2.05) is 78.9 Å². The number of amides is 1. The van der Waals surface area contributed by atoms with Crippen LogP contribution in [0, 0.1) is 11.3 Å². The molecule has 6 aromatic rings. The number of aromatic nitrogens is 2. The van der Waals surface area contributed by atoms with Gasteiger partial charge in [-0.1, -0.05) is 105 Å². The van der Waals surface area contributed by atoms with E-state index in [9.17, 15) is 19.6 Å². The number of carbonyl (C=O) groups is 1. The average Bonchev–Trinajstić information content (AvgIpc) is 1.62. The van der Waals surface area contributed by atoms with E-state index in [-0.39, 0.29) is 61.1 Å². The highest BCUT2D eigenvalue weighted by Gasteiger charge is 2.55. The standard InChI is InChI=1S/C80H99N8O10P/c1-55(2)88(56(3)4)99(95-49-23-42-81)98-70-52-73(96-71(70)54-94-80(60-25-13-12-14-26-60,61-31-35-63(92-6)36-32-61)62-33-37-64(93-7)38-34-62)87-53-58(77(90)84-78(87)91)30-39-72(89)83-45-20-11-10-19-44-82-43-18-9-8-17-41-79(5)67-28-15-16-29-68(67)86-48-40-69-66(76(79)86)51-59-50-57-24-21-46-85-47-22-27-65(74(57)85)75(59)97-69/h12-16,25-26,28-39,50-51,53,55-56,69-71,73,82H,8-11,17-24,27,40-41,43-49,52,54H2,1-7H3,(H-,83,84,89,90,91)/p+1/b39-30+/t69?,70-,71?,73-,79?,99?/m1/s1. The van der Waals surface area contributed by atoms with Gasteiger partial charge in [-0.25, -0.2) is 9.46 Å². The summed E-state index contributed by atoms with van der Waals surface area (Å²) >= 11 is 0. The minimum absolute atomic E-state index is 0.00464. The minimum atomic E-state index is -1.77. The number of H-pyrrole nitrogens is 1. The van der Waals surface area contributed by atoms with Crippen LogP contribution >= 0.6 is 8.53 Å². The van der Waals surface area contributed by atoms with Crippen LogP contribution in [0.15, 0.2) is 137 Å². The fraction of sp³-hybridized carbons (Fsp3) is 0.487. The number of fused-ring (bicyclic) bond motifs is 6. The minimum Gasteiger partial charge on any atom is -0.497 e. The summed E-state index contributed by atoms with van der Waals surface area (Å²) < 4.78 is 52.2. The quantitative estimate of drug-likeness (QED) is 0.0116. The van der Waals surface area contributed by atoms with E-state index in [0.29, 0.717) is 18.0 Å². The third kappa shape index (κ3) is 15.6. The van der Waals surface area contributed by atoms with Gasteiger partial charge in [0.1, 0.15) is 41.3 Å². The summed E-state index contributed by atoms with van der Waals surface area (Å²) in [5.74, 6) is 2.17. The molecule has 0 bridgehead atoms. The highest BCUT2D eigenvalue weighted by molar-refractivity contribution is 7.44. The van der Waals surface area contributed by atoms with E-state index >= 15 is 0 Å². The lowest BCUT2D eigenvalue weighted by molar-refractivity contribution is -0.444. The Morgan fingerprint density at radius 2 is 1.51 bits per heavy atom. The molecule has 1 aromatic heterocycles. The highest BCUT2D eigenvalue weighted by atomic mass is 31.2. The molecule has 0 saturated carbocycles. The van der Waals surface area contributed by atoms with Gasteiger partial charge in [-0.15, -0.1) is 0 Å². The van der Waals surface area contributed by atoms with Crippen molar-refractivity contribution in [3.63, 3.8) is 0 Å². The molecule has 3 N–H and O–H groups in total. The molecule has 0 radical (unpaired) electrons. The molecule has 524 valence electrons. The molecule has 1 amide bonds. The summed E-state index contributed by atoms with van der Waals surface area (Å²) in [6.07, 6.45) is 20.1. The number of benzene rings is 5. The molecule has 1 saturated heterocycles. The van der Waals surface area contributed by atoms with Crippen molar-refractivity contribution in [1.29, 1.82) is 5.26 Å². The zero-order valence-corrected chi connectivity index (χ0v) is 59.8. The second kappa shape index (κ2) is 32.7. The molecule has 5 aromatic carbocycles. The Morgan fingerprint density at radius 1 is 0.848 bits per heavy atom. The molecule has 6 atom stereocenters. The van der Waals surface area contributed by atoms with Crippen molar-refractivity contribution in [1.82, 2.24) is 24.9 Å². The third-order valence-electron chi connectivity index (χ3n) is 20.7. The van der Waals surface area contributed by atoms with Crippen molar-refractivity contribution in [2.75, 3.05) is 71.6 Å². The van der Waals surface area contributed by atoms with Gasteiger partial charge in [-0.3, -0.25) is 19.1 Å². The van der Waals surface area contributed by atoms with Crippen molar-refractivity contribution >= 4 is 43.7 Å². The zero-order valence-electron chi connectivity index (χ0n) is 58.9. The lowest BCUT2D eigenvalue weighted by Crippen LogP contribution is -2.44. The maximum Gasteiger partial charge on any atom is 0.330 e. The van der Waals surface area contributed by atoms with Crippen LogP contribution in [-0.2, 0) is 47.2 Å². The number of methoxy groups -OCH3 is 2. The van der Waals surface area contributed by atoms with Gasteiger partial charge >= 0.3 is 5.69 Å². The number of nitrogens with zero attached hydrogens (tertiary/aromatic N) is 5. The number of unbranched alkanes of at least 4 members (excludes halogenated alkanes) is 6. The Kier molecular flexibility index (Phi) is 23.5. The van der Waals surface area contributed by atoms with Crippen LogP contribution in [0.2, 0.25) is 0 Å². The summed E-state index contributed by atoms with van der Waals surface area (Å²) in [5, 5.41) is 16.2. The van der Waals surface area contributed by atoms with Crippen molar-refractivity contribution < 1.29 is 42.1 Å². The number of hydrogen-bond donors (Lipinski definition) is 3. The Labute approximate surface area is 585 Å². The largest absolute Gasteiger partial charge is 0.497 e. The molecule has 19 heteroatoms. The molecule has 0 spiro atoms. The molecular formula is C80H100N8O10P+. The van der Waals surface area contributed by atoms with Crippen LogP contribution in [-0.4, -0.2) is 128 Å². The van der Waals surface area contributed by atoms with Gasteiger partial charge in [0.05, 0.1) is 62.6 Å². The number of aromatic amines is 1. The van der Waals surface area contributed by atoms with Crippen LogP contribution in [0.1, 0.15) is 175 Å². The first kappa shape index (κ1) is 71.1. The van der Waals surface area contributed by atoms with Crippen molar-refractivity contribution in [2.24, 2.45) is 0 Å². The fourth-order valence-electron chi connectivity index (χ4n) is 16.0. The Balaban J connectivity index is 0.625. The summed E-state index contributed by atoms with van der Waals surface area (Å²) in [6.45, 7) is 16.7. The Hall–Kier alpha value is -7.72. The predicted molar refractivity (Wildman–Crippen MR) is 391 cm³/mol. The normalized spacial score (nSPS) is 20.3. The van der Waals surface area contributed by atoms with Crippen molar-refractivity contribution in [3.05, 3.63) is 192 Å². The second-order valence-corrected chi connectivity index (χ2v) is 29.3. The van der Waals surface area contributed by atoms with Gasteiger partial charge in [0.25, 0.3) is 14.1 Å². The van der Waals surface area contributed by atoms with Crippen LogP contribution in [0.3, 0.4) is 0 Å². The number of rotatable bonds is 33. The van der Waals surface area contributed by atoms with Gasteiger partial charge < -0.3 is 48.3 Å². The van der Waals surface area contributed by atoms with E-state index in [4.69, 9.17) is 32.7 Å². The highest BCUT2D eigenvalue weighted by Crippen LogP contribution is 2.54. The Bertz CT molecular complexity index is 3970. The number of ether oxygens (including phenoxy) is 5. The molecule has 1 fully saturated rings. The van der Waals surface area contributed by atoms with E-state index in [1.165, 1.54) is 113 Å². The number of anilines is 1. The Morgan fingerprint density at radius 3 is 2.19 bits per heavy atom. The molecule has 6 aliphatic rings. The number of aryl methyl sites for hydroxylation is 1. The lowest BCUT2D eigenvalue weighted by atomic mass is 9.71. The number of para-hydroxylation sites is 1. The molecule has 4 unspecified atom stereocenters. The molecule has 99 heavy (non-hydrogen) atoms. The fourth-order valence-corrected chi connectivity index (χ4v) is 17.7. The van der Waals surface area contributed by atoms with Crippen LogP contribution in [0.5, 0.6) is 17.2 Å². The topological polar surface area (TPSA) is 194 Å². The van der Waals surface area contributed by atoms with E-state index in [0.717, 1.165) is 99.9 Å². The summed E-state index contributed by atoms with van der Waals surface area (Å²) in [7, 11) is 1.48. The van der Waals surface area contributed by atoms with Crippen molar-refractivity contribution in [3.8, 4) is 23.3 Å². The van der Waals surface area contributed by atoms with Crippen LogP contribution in [0.25, 0.3) is 12.2 Å². The lowest BCUT2D eigenvalue weighted by Gasteiger charge is -2.40. The second-order valence-electron chi connectivity index (χ2n) is 27.9. The number of carbonyl (C=O) groups excluding carboxylic acids is 1. The first-order chi connectivity index (χ1) is 48.2. The smallest absolute Gasteiger partial charge is 0.330 e. The molecule has 18 nitrogen and oxygen atoms in total. The summed E-state index contributed by atoms with van der Waals surface area (Å²) in [5.41, 5.74) is 11.4. The predicted octanol–water partition coefficient (Wildman–Crippen LogP) is 13.7. The molecule has 0 aliphatic carbocycles. The maximum absolute atomic E-state index is 13.9. The van der Waals surface area contributed by atoms with Crippen LogP contribution < -0.4 is 41.0 Å². The molecule has 7 heterocycles. The van der Waals surface area contributed by atoms with E-state index in [2.05, 4.69) is 107 Å². The van der Waals surface area contributed by atoms with Crippen LogP contribution in [0.4, 0.5) is 11.4 Å². The first-order valence-corrected chi connectivity index (χ1v) is 37.3. The average molecular weight is 1360 g/mol. The number of nitrogens with one attached hydrogen (secondary N) is 3. The maximum atomic E-state index is 13.9. The monoisotopic (exact) mass is 1360 g/mol. The van der Waals surface area contributed by atoms with E-state index in [1.54, 1.807) is 14.2 Å². The van der Waals surface area contributed by atoms with Gasteiger partial charge in [0, 0.05) is 85.3 Å². The first-order valence-electron chi connectivity index (χ1n) is 36.2. The third-order valence-corrected chi connectivity index (χ3v) is 22.8. The molecule has 6 aliphatic heterocycles. The van der Waals surface area contributed by atoms with Gasteiger partial charge in [-0.2, -0.15) is 9.84 Å². The number of hydrogen-bond acceptors (Lipinski definition) is 14. The van der Waals surface area contributed by atoms with Gasteiger partial charge in [0.2, 0.25) is 11.6 Å². The number of nitriles is 1. The van der Waals surface area contributed by atoms with Gasteiger partial charge in [-0.05, 0) is 164 Å². The summed E-state index contributed by atoms with van der Waals surface area (Å²) in [4.78, 5) is 45.7. The van der Waals surface area contributed by atoms with Gasteiger partial charge in [0.15, 0.2) is 12.3 Å².